The van der Waals surface area contributed by atoms with Crippen LogP contribution in [0.1, 0.15) is 24.0 Å². The molecule has 0 saturated heterocycles. The number of aromatic nitrogens is 2. The first-order chi connectivity index (χ1) is 11.7. The zero-order valence-corrected chi connectivity index (χ0v) is 14.5. The third-order valence-corrected chi connectivity index (χ3v) is 4.78. The largest absolute Gasteiger partial charge is 0.370 e. The fraction of sp³-hybridized carbons (Fsp3) is 0.250. The molecule has 1 N–H and O–H groups in total. The van der Waals surface area contributed by atoms with E-state index in [0.29, 0.717) is 0 Å². The van der Waals surface area contributed by atoms with Gasteiger partial charge in [0.2, 0.25) is 0 Å². The van der Waals surface area contributed by atoms with Gasteiger partial charge in [0, 0.05) is 22.7 Å². The number of nitrogens with one attached hydrogen (secondary N) is 1. The Labute approximate surface area is 147 Å². The molecule has 0 radical (unpaired) electrons. The number of hydrogen-bond acceptors (Lipinski definition) is 2. The molecule has 2 aromatic carbocycles. The van der Waals surface area contributed by atoms with Crippen LogP contribution in [0, 0.1) is 6.92 Å². The average molecular weight is 338 g/mol. The van der Waals surface area contributed by atoms with Crippen molar-refractivity contribution in [3.05, 3.63) is 64.7 Å². The van der Waals surface area contributed by atoms with Crippen LogP contribution in [0.25, 0.3) is 16.9 Å². The van der Waals surface area contributed by atoms with Gasteiger partial charge in [-0.2, -0.15) is 5.10 Å². The van der Waals surface area contributed by atoms with Crippen molar-refractivity contribution in [2.45, 2.75) is 26.2 Å². The number of benzene rings is 2. The van der Waals surface area contributed by atoms with E-state index in [1.807, 2.05) is 28.9 Å². The molecule has 122 valence electrons. The first-order valence-corrected chi connectivity index (χ1v) is 8.79. The highest BCUT2D eigenvalue weighted by atomic mass is 35.5. The van der Waals surface area contributed by atoms with Gasteiger partial charge in [-0.25, -0.2) is 4.68 Å². The predicted octanol–water partition coefficient (Wildman–Crippen LogP) is 5.25. The monoisotopic (exact) mass is 337 g/mol. The highest BCUT2D eigenvalue weighted by Crippen LogP contribution is 2.34. The molecule has 0 spiro atoms. The number of fused-ring (bicyclic) bond motifs is 1. The third-order valence-electron chi connectivity index (χ3n) is 4.53. The Kier molecular flexibility index (Phi) is 4.03. The number of nitrogens with zero attached hydrogens (tertiary/aromatic N) is 2. The number of anilines is 1. The Balaban J connectivity index is 1.88. The molecule has 0 fully saturated rings. The second-order valence-electron chi connectivity index (χ2n) is 6.31. The minimum Gasteiger partial charge on any atom is -0.370 e. The van der Waals surface area contributed by atoms with Crippen LogP contribution in [-0.2, 0) is 6.42 Å². The van der Waals surface area contributed by atoms with Gasteiger partial charge in [0.15, 0.2) is 0 Å². The fourth-order valence-corrected chi connectivity index (χ4v) is 3.34. The smallest absolute Gasteiger partial charge is 0.133 e. The van der Waals surface area contributed by atoms with Crippen molar-refractivity contribution in [3.8, 4) is 16.9 Å². The van der Waals surface area contributed by atoms with Gasteiger partial charge in [0.25, 0.3) is 0 Å². The van der Waals surface area contributed by atoms with Gasteiger partial charge < -0.3 is 5.32 Å². The molecule has 0 bridgehead atoms. The van der Waals surface area contributed by atoms with E-state index in [-0.39, 0.29) is 0 Å². The van der Waals surface area contributed by atoms with Gasteiger partial charge in [0.05, 0.1) is 11.4 Å². The van der Waals surface area contributed by atoms with Crippen LogP contribution in [0.3, 0.4) is 0 Å². The Morgan fingerprint density at radius 3 is 2.50 bits per heavy atom. The molecule has 4 rings (SSSR count). The second kappa shape index (κ2) is 6.33. The molecular formula is C20H20ClN3. The van der Waals surface area contributed by atoms with Gasteiger partial charge >= 0.3 is 0 Å². The fourth-order valence-electron chi connectivity index (χ4n) is 3.21. The van der Waals surface area contributed by atoms with Crippen molar-refractivity contribution in [1.82, 2.24) is 9.78 Å². The molecule has 0 atom stereocenters. The minimum atomic E-state index is 0.740. The van der Waals surface area contributed by atoms with Gasteiger partial charge in [-0.1, -0.05) is 41.4 Å². The van der Waals surface area contributed by atoms with Crippen molar-refractivity contribution >= 4 is 17.4 Å². The van der Waals surface area contributed by atoms with Crippen LogP contribution >= 0.6 is 11.6 Å². The van der Waals surface area contributed by atoms with Crippen LogP contribution in [0.5, 0.6) is 0 Å². The van der Waals surface area contributed by atoms with Crippen molar-refractivity contribution in [2.75, 3.05) is 11.9 Å². The summed E-state index contributed by atoms with van der Waals surface area (Å²) in [6.07, 6.45) is 3.42. The zero-order valence-electron chi connectivity index (χ0n) is 13.7. The van der Waals surface area contributed by atoms with E-state index < -0.39 is 0 Å². The molecule has 24 heavy (non-hydrogen) atoms. The maximum atomic E-state index is 6.04. The van der Waals surface area contributed by atoms with E-state index in [0.717, 1.165) is 35.2 Å². The summed E-state index contributed by atoms with van der Waals surface area (Å²) < 4.78 is 2.02. The molecule has 0 amide bonds. The topological polar surface area (TPSA) is 29.9 Å². The van der Waals surface area contributed by atoms with Crippen LogP contribution in [-0.4, -0.2) is 16.3 Å². The lowest BCUT2D eigenvalue weighted by atomic mass is 10.0. The average Bonchev–Trinajstić information content (AvgIpc) is 2.78. The van der Waals surface area contributed by atoms with Gasteiger partial charge in [-0.3, -0.25) is 0 Å². The molecule has 2 heterocycles. The maximum absolute atomic E-state index is 6.04. The van der Waals surface area contributed by atoms with Crippen LogP contribution < -0.4 is 5.32 Å². The molecular weight excluding hydrogens is 318 g/mol. The maximum Gasteiger partial charge on any atom is 0.133 e. The van der Waals surface area contributed by atoms with Crippen LogP contribution in [0.4, 0.5) is 5.82 Å². The number of halogens is 1. The van der Waals surface area contributed by atoms with Crippen molar-refractivity contribution in [3.63, 3.8) is 0 Å². The lowest BCUT2D eigenvalue weighted by Gasteiger charge is -2.09. The molecule has 3 nitrogen and oxygen atoms in total. The van der Waals surface area contributed by atoms with Crippen molar-refractivity contribution in [1.29, 1.82) is 0 Å². The highest BCUT2D eigenvalue weighted by Gasteiger charge is 2.21. The summed E-state index contributed by atoms with van der Waals surface area (Å²) in [5, 5.41) is 9.26. The molecule has 1 aromatic heterocycles. The molecule has 4 heteroatoms. The number of rotatable bonds is 2. The Morgan fingerprint density at radius 1 is 1.00 bits per heavy atom. The van der Waals surface area contributed by atoms with Crippen LogP contribution in [0.2, 0.25) is 5.02 Å². The molecule has 0 saturated carbocycles. The Morgan fingerprint density at radius 2 is 1.75 bits per heavy atom. The third kappa shape index (κ3) is 2.80. The minimum absolute atomic E-state index is 0.740. The van der Waals surface area contributed by atoms with Crippen LogP contribution in [0.15, 0.2) is 48.5 Å². The number of aryl methyl sites for hydroxylation is 1. The van der Waals surface area contributed by atoms with E-state index in [1.165, 1.54) is 29.5 Å². The summed E-state index contributed by atoms with van der Waals surface area (Å²) in [7, 11) is 0. The van der Waals surface area contributed by atoms with E-state index in [9.17, 15) is 0 Å². The summed E-state index contributed by atoms with van der Waals surface area (Å²) in [6, 6.07) is 16.5. The molecule has 1 aliphatic rings. The van der Waals surface area contributed by atoms with E-state index in [2.05, 4.69) is 36.5 Å². The summed E-state index contributed by atoms with van der Waals surface area (Å²) in [5.74, 6) is 1.12. The lowest BCUT2D eigenvalue weighted by molar-refractivity contribution is 0.780. The molecule has 3 aromatic rings. The Hall–Kier alpha value is -2.26. The number of hydrogen-bond donors (Lipinski definition) is 1. The van der Waals surface area contributed by atoms with Crippen molar-refractivity contribution in [2.24, 2.45) is 0 Å². The van der Waals surface area contributed by atoms with E-state index in [4.69, 9.17) is 16.7 Å². The lowest BCUT2D eigenvalue weighted by Crippen LogP contribution is -2.07. The van der Waals surface area contributed by atoms with Gasteiger partial charge in [-0.15, -0.1) is 0 Å². The standard InChI is InChI=1S/C20H20ClN3/c1-14-5-7-15(8-6-14)19-18-4-2-3-13-22-20(18)24(23-19)17-11-9-16(21)10-12-17/h5-12,22H,2-4,13H2,1H3. The van der Waals surface area contributed by atoms with Gasteiger partial charge in [0.1, 0.15) is 5.82 Å². The SMILES string of the molecule is Cc1ccc(-c2nn(-c3ccc(Cl)cc3)c3c2CCCCN3)cc1. The first kappa shape index (κ1) is 15.3. The molecule has 1 aliphatic heterocycles. The first-order valence-electron chi connectivity index (χ1n) is 8.41. The van der Waals surface area contributed by atoms with Crippen molar-refractivity contribution < 1.29 is 0 Å². The summed E-state index contributed by atoms with van der Waals surface area (Å²) in [5.41, 5.74) is 5.86. The predicted molar refractivity (Wildman–Crippen MR) is 100 cm³/mol. The second-order valence-corrected chi connectivity index (χ2v) is 6.75. The molecule has 0 unspecified atom stereocenters. The van der Waals surface area contributed by atoms with Gasteiger partial charge in [-0.05, 0) is 50.5 Å². The quantitative estimate of drug-likeness (QED) is 0.692. The van der Waals surface area contributed by atoms with E-state index in [1.54, 1.807) is 0 Å². The highest BCUT2D eigenvalue weighted by molar-refractivity contribution is 6.30. The normalized spacial score (nSPS) is 13.9. The molecule has 0 aliphatic carbocycles. The van der Waals surface area contributed by atoms with E-state index >= 15 is 0 Å². The summed E-state index contributed by atoms with van der Waals surface area (Å²) in [6.45, 7) is 3.10. The summed E-state index contributed by atoms with van der Waals surface area (Å²) >= 11 is 6.04. The summed E-state index contributed by atoms with van der Waals surface area (Å²) in [4.78, 5) is 0. The Bertz CT molecular complexity index is 778. The zero-order chi connectivity index (χ0) is 16.5.